The predicted octanol–water partition coefficient (Wildman–Crippen LogP) is 2.38. The summed E-state index contributed by atoms with van der Waals surface area (Å²) >= 11 is 0. The number of nitrogens with one attached hydrogen (secondary N) is 2. The number of aromatic nitrogens is 1. The van der Waals surface area contributed by atoms with E-state index in [1.54, 1.807) is 43.6 Å². The van der Waals surface area contributed by atoms with Crippen molar-refractivity contribution in [3.05, 3.63) is 48.2 Å². The Morgan fingerprint density at radius 3 is 2.63 bits per heavy atom. The summed E-state index contributed by atoms with van der Waals surface area (Å²) in [6, 6.07) is 10.6. The van der Waals surface area contributed by atoms with Crippen LogP contribution in [0.4, 0.5) is 11.5 Å². The van der Waals surface area contributed by atoms with Crippen molar-refractivity contribution in [2.24, 2.45) is 0 Å². The van der Waals surface area contributed by atoms with Gasteiger partial charge in [-0.3, -0.25) is 4.79 Å². The summed E-state index contributed by atoms with van der Waals surface area (Å²) in [4.78, 5) is 16.2. The maximum absolute atomic E-state index is 12.1. The van der Waals surface area contributed by atoms with Crippen LogP contribution in [0.5, 0.6) is 5.75 Å². The minimum Gasteiger partial charge on any atom is -0.496 e. The number of amides is 1. The van der Waals surface area contributed by atoms with E-state index < -0.39 is 0 Å². The molecular formula is C14H15N3O2. The monoisotopic (exact) mass is 257 g/mol. The Balaban J connectivity index is 2.16. The van der Waals surface area contributed by atoms with Crippen LogP contribution >= 0.6 is 0 Å². The maximum Gasteiger partial charge on any atom is 0.259 e. The molecule has 5 nitrogen and oxygen atoms in total. The fourth-order valence-corrected chi connectivity index (χ4v) is 1.65. The molecule has 2 N–H and O–H groups in total. The zero-order chi connectivity index (χ0) is 13.7. The molecule has 2 aromatic rings. The summed E-state index contributed by atoms with van der Waals surface area (Å²) in [5.41, 5.74) is 1.12. The van der Waals surface area contributed by atoms with E-state index in [1.807, 2.05) is 6.07 Å². The van der Waals surface area contributed by atoms with Crippen molar-refractivity contribution in [3.8, 4) is 5.75 Å². The van der Waals surface area contributed by atoms with Gasteiger partial charge >= 0.3 is 0 Å². The molecule has 0 bridgehead atoms. The third kappa shape index (κ3) is 3.01. The van der Waals surface area contributed by atoms with Gasteiger partial charge in [0.2, 0.25) is 0 Å². The molecule has 0 saturated heterocycles. The van der Waals surface area contributed by atoms with Crippen LogP contribution in [0.3, 0.4) is 0 Å². The van der Waals surface area contributed by atoms with E-state index in [0.29, 0.717) is 17.0 Å². The number of hydrogen-bond donors (Lipinski definition) is 2. The number of para-hydroxylation sites is 1. The van der Waals surface area contributed by atoms with Crippen molar-refractivity contribution >= 4 is 17.4 Å². The van der Waals surface area contributed by atoms with Crippen molar-refractivity contribution in [2.45, 2.75) is 0 Å². The SMILES string of the molecule is CNc1ccc(NC(=O)c2ccccc2OC)cn1. The van der Waals surface area contributed by atoms with Gasteiger partial charge in [0.15, 0.2) is 0 Å². The number of nitrogens with zero attached hydrogens (tertiary/aromatic N) is 1. The second-order valence-corrected chi connectivity index (χ2v) is 3.84. The fraction of sp³-hybridized carbons (Fsp3) is 0.143. The molecule has 2 rings (SSSR count). The van der Waals surface area contributed by atoms with Crippen LogP contribution < -0.4 is 15.4 Å². The summed E-state index contributed by atoms with van der Waals surface area (Å²) in [6.45, 7) is 0. The van der Waals surface area contributed by atoms with E-state index in [2.05, 4.69) is 15.6 Å². The summed E-state index contributed by atoms with van der Waals surface area (Å²) in [5.74, 6) is 1.06. The van der Waals surface area contributed by atoms with Crippen LogP contribution in [0.2, 0.25) is 0 Å². The lowest BCUT2D eigenvalue weighted by Crippen LogP contribution is -2.13. The molecule has 0 aliphatic heterocycles. The normalized spacial score (nSPS) is 9.79. The van der Waals surface area contributed by atoms with Crippen molar-refractivity contribution in [3.63, 3.8) is 0 Å². The van der Waals surface area contributed by atoms with Crippen LogP contribution in [-0.4, -0.2) is 25.0 Å². The van der Waals surface area contributed by atoms with Gasteiger partial charge < -0.3 is 15.4 Å². The van der Waals surface area contributed by atoms with E-state index in [9.17, 15) is 4.79 Å². The number of hydrogen-bond acceptors (Lipinski definition) is 4. The van der Waals surface area contributed by atoms with E-state index in [4.69, 9.17) is 4.74 Å². The van der Waals surface area contributed by atoms with Gasteiger partial charge in [-0.1, -0.05) is 12.1 Å². The highest BCUT2D eigenvalue weighted by Gasteiger charge is 2.11. The molecule has 0 aliphatic carbocycles. The molecule has 5 heteroatoms. The molecule has 0 spiro atoms. The highest BCUT2D eigenvalue weighted by molar-refractivity contribution is 6.06. The van der Waals surface area contributed by atoms with Gasteiger partial charge in [0.05, 0.1) is 24.6 Å². The lowest BCUT2D eigenvalue weighted by atomic mass is 10.2. The largest absolute Gasteiger partial charge is 0.496 e. The predicted molar refractivity (Wildman–Crippen MR) is 74.7 cm³/mol. The summed E-state index contributed by atoms with van der Waals surface area (Å²) < 4.78 is 5.15. The van der Waals surface area contributed by atoms with E-state index in [-0.39, 0.29) is 5.91 Å². The van der Waals surface area contributed by atoms with Crippen LogP contribution in [0, 0.1) is 0 Å². The molecular weight excluding hydrogens is 242 g/mol. The number of rotatable bonds is 4. The van der Waals surface area contributed by atoms with Crippen LogP contribution in [0.25, 0.3) is 0 Å². The Kier molecular flexibility index (Phi) is 3.97. The molecule has 0 fully saturated rings. The van der Waals surface area contributed by atoms with Gasteiger partial charge in [-0.25, -0.2) is 4.98 Å². The Morgan fingerprint density at radius 1 is 1.21 bits per heavy atom. The van der Waals surface area contributed by atoms with Gasteiger partial charge in [-0.05, 0) is 24.3 Å². The van der Waals surface area contributed by atoms with Crippen molar-refractivity contribution in [1.82, 2.24) is 4.98 Å². The molecule has 1 heterocycles. The highest BCUT2D eigenvalue weighted by atomic mass is 16.5. The smallest absolute Gasteiger partial charge is 0.259 e. The first-order chi connectivity index (χ1) is 9.24. The number of benzene rings is 1. The standard InChI is InChI=1S/C14H15N3O2/c1-15-13-8-7-10(9-16-13)17-14(18)11-5-3-4-6-12(11)19-2/h3-9H,1-2H3,(H,15,16)(H,17,18). The number of methoxy groups -OCH3 is 1. The first-order valence-corrected chi connectivity index (χ1v) is 5.83. The van der Waals surface area contributed by atoms with Gasteiger partial charge in [0, 0.05) is 7.05 Å². The topological polar surface area (TPSA) is 63.2 Å². The molecule has 1 aromatic heterocycles. The Bertz CT molecular complexity index is 567. The number of pyridine rings is 1. The first-order valence-electron chi connectivity index (χ1n) is 5.83. The zero-order valence-corrected chi connectivity index (χ0v) is 10.8. The Labute approximate surface area is 111 Å². The quantitative estimate of drug-likeness (QED) is 0.882. The van der Waals surface area contributed by atoms with Gasteiger partial charge in [0.25, 0.3) is 5.91 Å². The van der Waals surface area contributed by atoms with Gasteiger partial charge in [0.1, 0.15) is 11.6 Å². The molecule has 0 aliphatic rings. The van der Waals surface area contributed by atoms with Crippen LogP contribution in [0.1, 0.15) is 10.4 Å². The lowest BCUT2D eigenvalue weighted by molar-refractivity contribution is 0.102. The molecule has 0 radical (unpaired) electrons. The molecule has 19 heavy (non-hydrogen) atoms. The lowest BCUT2D eigenvalue weighted by Gasteiger charge is -2.09. The maximum atomic E-state index is 12.1. The Hall–Kier alpha value is -2.56. The van der Waals surface area contributed by atoms with Crippen molar-refractivity contribution < 1.29 is 9.53 Å². The van der Waals surface area contributed by atoms with Crippen LogP contribution in [0.15, 0.2) is 42.6 Å². The molecule has 1 aromatic carbocycles. The third-order valence-corrected chi connectivity index (χ3v) is 2.63. The second kappa shape index (κ2) is 5.86. The first kappa shape index (κ1) is 12.9. The van der Waals surface area contributed by atoms with E-state index >= 15 is 0 Å². The second-order valence-electron chi connectivity index (χ2n) is 3.84. The average Bonchev–Trinajstić information content (AvgIpc) is 2.48. The minimum absolute atomic E-state index is 0.226. The molecule has 0 atom stereocenters. The molecule has 1 amide bonds. The number of carbonyl (C=O) groups excluding carboxylic acids is 1. The summed E-state index contributed by atoms with van der Waals surface area (Å²) in [7, 11) is 3.32. The van der Waals surface area contributed by atoms with Gasteiger partial charge in [-0.2, -0.15) is 0 Å². The average molecular weight is 257 g/mol. The van der Waals surface area contributed by atoms with E-state index in [0.717, 1.165) is 5.82 Å². The third-order valence-electron chi connectivity index (χ3n) is 2.63. The minimum atomic E-state index is -0.226. The number of anilines is 2. The zero-order valence-electron chi connectivity index (χ0n) is 10.8. The number of ether oxygens (including phenoxy) is 1. The summed E-state index contributed by atoms with van der Waals surface area (Å²) in [5, 5.41) is 5.69. The number of carbonyl (C=O) groups is 1. The van der Waals surface area contributed by atoms with Crippen molar-refractivity contribution in [2.75, 3.05) is 24.8 Å². The molecule has 98 valence electrons. The van der Waals surface area contributed by atoms with E-state index in [1.165, 1.54) is 7.11 Å². The molecule has 0 unspecified atom stereocenters. The van der Waals surface area contributed by atoms with Crippen molar-refractivity contribution in [1.29, 1.82) is 0 Å². The molecule has 0 saturated carbocycles. The van der Waals surface area contributed by atoms with Crippen LogP contribution in [-0.2, 0) is 0 Å². The fourth-order valence-electron chi connectivity index (χ4n) is 1.65. The van der Waals surface area contributed by atoms with Gasteiger partial charge in [-0.15, -0.1) is 0 Å². The Morgan fingerprint density at radius 2 is 2.00 bits per heavy atom. The summed E-state index contributed by atoms with van der Waals surface area (Å²) in [6.07, 6.45) is 1.60. The highest BCUT2D eigenvalue weighted by Crippen LogP contribution is 2.19.